The molecule has 0 saturated heterocycles. The molecule has 150 valence electrons. The number of amides is 2. The van der Waals surface area contributed by atoms with E-state index in [1.54, 1.807) is 10.7 Å². The van der Waals surface area contributed by atoms with Crippen LogP contribution in [0.2, 0.25) is 0 Å². The SMILES string of the molecule is CC(C)CN1Cc2cccc(C(=O)N[C@H](C)Cn3nnc4ccccc43)c2C1=O. The number of fused-ring (bicyclic) bond motifs is 2. The van der Waals surface area contributed by atoms with Gasteiger partial charge in [0.15, 0.2) is 0 Å². The molecular formula is C22H25N5O2. The highest BCUT2D eigenvalue weighted by Gasteiger charge is 2.32. The standard InChI is InChI=1S/C22H25N5O2/c1-14(2)11-26-13-16-7-6-8-17(20(16)22(26)29)21(28)23-15(3)12-27-19-10-5-4-9-18(19)24-25-27/h4-10,14-15H,11-13H2,1-3H3,(H,23,28)/t15-/m1/s1. The van der Waals surface area contributed by atoms with Gasteiger partial charge in [0.05, 0.1) is 23.2 Å². The second-order valence-corrected chi connectivity index (χ2v) is 8.05. The minimum absolute atomic E-state index is 0.0608. The average molecular weight is 391 g/mol. The minimum Gasteiger partial charge on any atom is -0.348 e. The molecule has 3 aromatic rings. The Labute approximate surface area is 169 Å². The Morgan fingerprint density at radius 2 is 1.90 bits per heavy atom. The van der Waals surface area contributed by atoms with Crippen LogP contribution in [0.3, 0.4) is 0 Å². The van der Waals surface area contributed by atoms with Crippen LogP contribution in [-0.4, -0.2) is 44.3 Å². The molecule has 29 heavy (non-hydrogen) atoms. The zero-order chi connectivity index (χ0) is 20.5. The molecule has 2 aromatic carbocycles. The third-order valence-electron chi connectivity index (χ3n) is 5.09. The number of rotatable bonds is 6. The van der Waals surface area contributed by atoms with Crippen LogP contribution in [0.25, 0.3) is 11.0 Å². The normalized spacial score (nSPS) is 14.5. The van der Waals surface area contributed by atoms with Gasteiger partial charge in [-0.1, -0.05) is 43.3 Å². The predicted octanol–water partition coefficient (Wildman–Crippen LogP) is 2.86. The first-order valence-electron chi connectivity index (χ1n) is 9.94. The van der Waals surface area contributed by atoms with Crippen molar-refractivity contribution in [2.75, 3.05) is 6.54 Å². The Hall–Kier alpha value is -3.22. The molecule has 4 rings (SSSR count). The van der Waals surface area contributed by atoms with Crippen molar-refractivity contribution in [3.05, 3.63) is 59.2 Å². The first kappa shape index (κ1) is 19.1. The molecule has 0 saturated carbocycles. The van der Waals surface area contributed by atoms with Crippen molar-refractivity contribution in [1.82, 2.24) is 25.2 Å². The zero-order valence-corrected chi connectivity index (χ0v) is 16.9. The van der Waals surface area contributed by atoms with E-state index in [1.807, 2.05) is 48.2 Å². The number of para-hydroxylation sites is 1. The van der Waals surface area contributed by atoms with Crippen molar-refractivity contribution in [2.24, 2.45) is 5.92 Å². The first-order valence-corrected chi connectivity index (χ1v) is 9.94. The van der Waals surface area contributed by atoms with Gasteiger partial charge in [-0.25, -0.2) is 4.68 Å². The number of aromatic nitrogens is 3. The largest absolute Gasteiger partial charge is 0.348 e. The summed E-state index contributed by atoms with van der Waals surface area (Å²) in [5.41, 5.74) is 3.63. The van der Waals surface area contributed by atoms with Crippen LogP contribution < -0.4 is 5.32 Å². The summed E-state index contributed by atoms with van der Waals surface area (Å²) in [7, 11) is 0. The Morgan fingerprint density at radius 1 is 1.10 bits per heavy atom. The van der Waals surface area contributed by atoms with Crippen molar-refractivity contribution in [3.8, 4) is 0 Å². The summed E-state index contributed by atoms with van der Waals surface area (Å²) in [6.07, 6.45) is 0. The van der Waals surface area contributed by atoms with E-state index >= 15 is 0 Å². The molecule has 1 aliphatic heterocycles. The van der Waals surface area contributed by atoms with Gasteiger partial charge in [0, 0.05) is 19.1 Å². The van der Waals surface area contributed by atoms with Crippen molar-refractivity contribution in [2.45, 2.75) is 39.9 Å². The van der Waals surface area contributed by atoms with Gasteiger partial charge >= 0.3 is 0 Å². The van der Waals surface area contributed by atoms with E-state index < -0.39 is 0 Å². The highest BCUT2D eigenvalue weighted by Crippen LogP contribution is 2.27. The summed E-state index contributed by atoms with van der Waals surface area (Å²) in [5.74, 6) is 0.0796. The highest BCUT2D eigenvalue weighted by atomic mass is 16.2. The third kappa shape index (κ3) is 3.72. The summed E-state index contributed by atoms with van der Waals surface area (Å²) < 4.78 is 1.78. The molecule has 1 atom stereocenters. The molecule has 7 heteroatoms. The summed E-state index contributed by atoms with van der Waals surface area (Å²) in [4.78, 5) is 27.6. The molecule has 0 aliphatic carbocycles. The van der Waals surface area contributed by atoms with Crippen molar-refractivity contribution in [1.29, 1.82) is 0 Å². The highest BCUT2D eigenvalue weighted by molar-refractivity contribution is 6.09. The van der Waals surface area contributed by atoms with Crippen LogP contribution in [0.5, 0.6) is 0 Å². The van der Waals surface area contributed by atoms with Gasteiger partial charge in [-0.05, 0) is 36.6 Å². The number of hydrogen-bond acceptors (Lipinski definition) is 4. The molecule has 2 amide bonds. The lowest BCUT2D eigenvalue weighted by Crippen LogP contribution is -2.37. The fourth-order valence-corrected chi connectivity index (χ4v) is 3.86. The van der Waals surface area contributed by atoms with E-state index in [0.29, 0.717) is 36.7 Å². The summed E-state index contributed by atoms with van der Waals surface area (Å²) in [6, 6.07) is 13.0. The maximum absolute atomic E-state index is 13.0. The van der Waals surface area contributed by atoms with E-state index in [2.05, 4.69) is 29.5 Å². The molecule has 0 unspecified atom stereocenters. The van der Waals surface area contributed by atoms with Crippen molar-refractivity contribution >= 4 is 22.8 Å². The Kier molecular flexibility index (Phi) is 5.05. The molecule has 1 N–H and O–H groups in total. The minimum atomic E-state index is -0.237. The van der Waals surface area contributed by atoms with Crippen LogP contribution in [0.4, 0.5) is 0 Å². The molecular weight excluding hydrogens is 366 g/mol. The summed E-state index contributed by atoms with van der Waals surface area (Å²) in [5, 5.41) is 11.3. The van der Waals surface area contributed by atoms with Crippen LogP contribution >= 0.6 is 0 Å². The summed E-state index contributed by atoms with van der Waals surface area (Å²) in [6.45, 7) is 7.83. The lowest BCUT2D eigenvalue weighted by atomic mass is 10.0. The monoisotopic (exact) mass is 391 g/mol. The smallest absolute Gasteiger partial charge is 0.255 e. The van der Waals surface area contributed by atoms with Gasteiger partial charge in [0.2, 0.25) is 0 Å². The number of carbonyl (C=O) groups is 2. The molecule has 1 aliphatic rings. The van der Waals surface area contributed by atoms with Gasteiger partial charge in [-0.3, -0.25) is 9.59 Å². The van der Waals surface area contributed by atoms with E-state index in [0.717, 1.165) is 16.6 Å². The molecule has 0 radical (unpaired) electrons. The number of carbonyl (C=O) groups excluding carboxylic acids is 2. The number of nitrogens with one attached hydrogen (secondary N) is 1. The fraction of sp³-hybridized carbons (Fsp3) is 0.364. The molecule has 1 aromatic heterocycles. The van der Waals surface area contributed by atoms with E-state index in [4.69, 9.17) is 0 Å². The second-order valence-electron chi connectivity index (χ2n) is 8.05. The third-order valence-corrected chi connectivity index (χ3v) is 5.09. The molecule has 7 nitrogen and oxygen atoms in total. The van der Waals surface area contributed by atoms with Crippen LogP contribution in [0.1, 0.15) is 47.1 Å². The quantitative estimate of drug-likeness (QED) is 0.701. The Morgan fingerprint density at radius 3 is 2.69 bits per heavy atom. The molecule has 2 heterocycles. The molecule has 0 spiro atoms. The number of benzene rings is 2. The topological polar surface area (TPSA) is 80.1 Å². The van der Waals surface area contributed by atoms with Gasteiger partial charge in [-0.2, -0.15) is 0 Å². The van der Waals surface area contributed by atoms with E-state index in [1.165, 1.54) is 0 Å². The van der Waals surface area contributed by atoms with Crippen LogP contribution in [-0.2, 0) is 13.1 Å². The second kappa shape index (κ2) is 7.66. The van der Waals surface area contributed by atoms with Crippen molar-refractivity contribution < 1.29 is 9.59 Å². The lowest BCUT2D eigenvalue weighted by Gasteiger charge is -2.18. The van der Waals surface area contributed by atoms with Crippen molar-refractivity contribution in [3.63, 3.8) is 0 Å². The first-order chi connectivity index (χ1) is 13.9. The van der Waals surface area contributed by atoms with Crippen LogP contribution in [0.15, 0.2) is 42.5 Å². The molecule has 0 fully saturated rings. The Bertz CT molecular complexity index is 1070. The van der Waals surface area contributed by atoms with E-state index in [-0.39, 0.29) is 17.9 Å². The lowest BCUT2D eigenvalue weighted by molar-refractivity contribution is 0.0754. The van der Waals surface area contributed by atoms with Gasteiger partial charge in [0.25, 0.3) is 11.8 Å². The maximum Gasteiger partial charge on any atom is 0.255 e. The van der Waals surface area contributed by atoms with Gasteiger partial charge in [0.1, 0.15) is 5.52 Å². The van der Waals surface area contributed by atoms with Gasteiger partial charge in [-0.15, -0.1) is 5.10 Å². The summed E-state index contributed by atoms with van der Waals surface area (Å²) >= 11 is 0. The van der Waals surface area contributed by atoms with E-state index in [9.17, 15) is 9.59 Å². The number of hydrogen-bond donors (Lipinski definition) is 1. The average Bonchev–Trinajstić information content (AvgIpc) is 3.23. The zero-order valence-electron chi connectivity index (χ0n) is 16.9. The predicted molar refractivity (Wildman–Crippen MR) is 110 cm³/mol. The van der Waals surface area contributed by atoms with Gasteiger partial charge < -0.3 is 10.2 Å². The number of nitrogens with zero attached hydrogens (tertiary/aromatic N) is 4. The Balaban J connectivity index is 1.50. The fourth-order valence-electron chi connectivity index (χ4n) is 3.86. The van der Waals surface area contributed by atoms with Crippen LogP contribution in [0, 0.1) is 5.92 Å². The molecule has 0 bridgehead atoms. The maximum atomic E-state index is 13.0.